The highest BCUT2D eigenvalue weighted by Crippen LogP contribution is 2.19. The van der Waals surface area contributed by atoms with Crippen LogP contribution in [0.3, 0.4) is 0 Å². The zero-order valence-corrected chi connectivity index (χ0v) is 12.3. The van der Waals surface area contributed by atoms with E-state index in [0.29, 0.717) is 17.7 Å². The Morgan fingerprint density at radius 3 is 2.68 bits per heavy atom. The number of likely N-dealkylation sites (tertiary alicyclic amines) is 1. The number of benzene rings is 1. The van der Waals surface area contributed by atoms with Gasteiger partial charge in [-0.3, -0.25) is 14.4 Å². The van der Waals surface area contributed by atoms with Crippen LogP contribution < -0.4 is 10.6 Å². The Kier molecular flexibility index (Phi) is 4.09. The third kappa shape index (κ3) is 2.95. The van der Waals surface area contributed by atoms with Gasteiger partial charge in [0.2, 0.25) is 11.8 Å². The van der Waals surface area contributed by atoms with Crippen LogP contribution in [0.4, 0.5) is 5.69 Å². The predicted molar refractivity (Wildman–Crippen MR) is 81.4 cm³/mol. The molecule has 0 aliphatic carbocycles. The molecular formula is C16H19N3O3. The standard InChI is InChI=1S/C16H19N3O3/c20-14(19-9-3-4-10-19)8-7-13-16(22)17-12-6-2-1-5-11(12)15(21)18-13/h1-2,5-6,13H,3-4,7-10H2,(H,17,22)(H,18,21). The summed E-state index contributed by atoms with van der Waals surface area (Å²) in [6, 6.07) is 6.21. The summed E-state index contributed by atoms with van der Waals surface area (Å²) >= 11 is 0. The minimum atomic E-state index is -0.675. The highest BCUT2D eigenvalue weighted by atomic mass is 16.2. The quantitative estimate of drug-likeness (QED) is 0.878. The van der Waals surface area contributed by atoms with Crippen molar-refractivity contribution in [2.45, 2.75) is 31.7 Å². The van der Waals surface area contributed by atoms with Crippen LogP contribution >= 0.6 is 0 Å². The van der Waals surface area contributed by atoms with Gasteiger partial charge in [0.25, 0.3) is 5.91 Å². The highest BCUT2D eigenvalue weighted by molar-refractivity contribution is 6.09. The second-order valence-corrected chi connectivity index (χ2v) is 5.69. The number of para-hydroxylation sites is 1. The van der Waals surface area contributed by atoms with Gasteiger partial charge in [-0.2, -0.15) is 0 Å². The molecule has 0 saturated carbocycles. The molecule has 0 bridgehead atoms. The van der Waals surface area contributed by atoms with E-state index in [9.17, 15) is 14.4 Å². The second-order valence-electron chi connectivity index (χ2n) is 5.69. The van der Waals surface area contributed by atoms with Gasteiger partial charge in [0.1, 0.15) is 6.04 Å². The van der Waals surface area contributed by atoms with Crippen LogP contribution in [-0.2, 0) is 9.59 Å². The van der Waals surface area contributed by atoms with Gasteiger partial charge < -0.3 is 15.5 Å². The SMILES string of the molecule is O=C1NC(CCC(=O)N2CCCC2)C(=O)Nc2ccccc21. The number of carbonyl (C=O) groups is 3. The lowest BCUT2D eigenvalue weighted by molar-refractivity contribution is -0.130. The molecular weight excluding hydrogens is 282 g/mol. The fraction of sp³-hybridized carbons (Fsp3) is 0.438. The molecule has 2 heterocycles. The normalized spacial score (nSPS) is 20.9. The topological polar surface area (TPSA) is 78.5 Å². The van der Waals surface area contributed by atoms with E-state index in [-0.39, 0.29) is 24.1 Å². The summed E-state index contributed by atoms with van der Waals surface area (Å²) in [4.78, 5) is 38.3. The summed E-state index contributed by atoms with van der Waals surface area (Å²) in [6.07, 6.45) is 2.68. The molecule has 6 nitrogen and oxygen atoms in total. The first-order chi connectivity index (χ1) is 10.6. The summed E-state index contributed by atoms with van der Waals surface area (Å²) in [5, 5.41) is 5.46. The van der Waals surface area contributed by atoms with Gasteiger partial charge in [-0.1, -0.05) is 12.1 Å². The Balaban J connectivity index is 1.64. The Morgan fingerprint density at radius 2 is 1.91 bits per heavy atom. The van der Waals surface area contributed by atoms with Crippen molar-refractivity contribution in [3.63, 3.8) is 0 Å². The van der Waals surface area contributed by atoms with E-state index in [1.54, 1.807) is 24.3 Å². The van der Waals surface area contributed by atoms with Gasteiger partial charge in [0, 0.05) is 19.5 Å². The fourth-order valence-corrected chi connectivity index (χ4v) is 2.91. The molecule has 1 saturated heterocycles. The number of hydrogen-bond donors (Lipinski definition) is 2. The molecule has 3 rings (SSSR count). The highest BCUT2D eigenvalue weighted by Gasteiger charge is 2.28. The molecule has 0 radical (unpaired) electrons. The molecule has 1 aromatic carbocycles. The van der Waals surface area contributed by atoms with Crippen LogP contribution in [0.1, 0.15) is 36.0 Å². The van der Waals surface area contributed by atoms with Crippen molar-refractivity contribution in [2.75, 3.05) is 18.4 Å². The van der Waals surface area contributed by atoms with Gasteiger partial charge in [-0.05, 0) is 31.4 Å². The number of carbonyl (C=O) groups excluding carboxylic acids is 3. The van der Waals surface area contributed by atoms with Crippen LogP contribution in [0.15, 0.2) is 24.3 Å². The van der Waals surface area contributed by atoms with Crippen molar-refractivity contribution in [1.82, 2.24) is 10.2 Å². The van der Waals surface area contributed by atoms with E-state index >= 15 is 0 Å². The first-order valence-electron chi connectivity index (χ1n) is 7.63. The molecule has 0 aromatic heterocycles. The minimum absolute atomic E-state index is 0.0568. The zero-order chi connectivity index (χ0) is 15.5. The van der Waals surface area contributed by atoms with Gasteiger partial charge in [-0.25, -0.2) is 0 Å². The molecule has 1 atom stereocenters. The summed E-state index contributed by atoms with van der Waals surface area (Å²) < 4.78 is 0. The monoisotopic (exact) mass is 301 g/mol. The molecule has 2 aliphatic rings. The molecule has 22 heavy (non-hydrogen) atoms. The van der Waals surface area contributed by atoms with Crippen molar-refractivity contribution in [3.8, 4) is 0 Å². The number of hydrogen-bond acceptors (Lipinski definition) is 3. The van der Waals surface area contributed by atoms with Crippen LogP contribution in [0.5, 0.6) is 0 Å². The molecule has 3 amide bonds. The maximum atomic E-state index is 12.2. The summed E-state index contributed by atoms with van der Waals surface area (Å²) in [5.74, 6) is -0.499. The predicted octanol–water partition coefficient (Wildman–Crippen LogP) is 1.14. The first-order valence-corrected chi connectivity index (χ1v) is 7.63. The average Bonchev–Trinajstić information content (AvgIpc) is 3.02. The van der Waals surface area contributed by atoms with Crippen LogP contribution in [0.25, 0.3) is 0 Å². The largest absolute Gasteiger partial charge is 0.343 e. The van der Waals surface area contributed by atoms with Crippen molar-refractivity contribution < 1.29 is 14.4 Å². The van der Waals surface area contributed by atoms with E-state index < -0.39 is 6.04 Å². The summed E-state index contributed by atoms with van der Waals surface area (Å²) in [7, 11) is 0. The van der Waals surface area contributed by atoms with E-state index in [1.165, 1.54) is 0 Å². The van der Waals surface area contributed by atoms with Gasteiger partial charge >= 0.3 is 0 Å². The van der Waals surface area contributed by atoms with Crippen molar-refractivity contribution in [2.24, 2.45) is 0 Å². The minimum Gasteiger partial charge on any atom is -0.343 e. The Labute approximate surface area is 128 Å². The Morgan fingerprint density at radius 1 is 1.18 bits per heavy atom. The van der Waals surface area contributed by atoms with Gasteiger partial charge in [-0.15, -0.1) is 0 Å². The van der Waals surface area contributed by atoms with Crippen molar-refractivity contribution in [1.29, 1.82) is 0 Å². The van der Waals surface area contributed by atoms with Gasteiger partial charge in [0.15, 0.2) is 0 Å². The van der Waals surface area contributed by atoms with Crippen LogP contribution in [-0.4, -0.2) is 41.8 Å². The summed E-state index contributed by atoms with van der Waals surface area (Å²) in [5.41, 5.74) is 0.961. The fourth-order valence-electron chi connectivity index (χ4n) is 2.91. The third-order valence-electron chi connectivity index (χ3n) is 4.16. The van der Waals surface area contributed by atoms with Crippen LogP contribution in [0, 0.1) is 0 Å². The average molecular weight is 301 g/mol. The van der Waals surface area contributed by atoms with Crippen LogP contribution in [0.2, 0.25) is 0 Å². The van der Waals surface area contributed by atoms with Crippen molar-refractivity contribution >= 4 is 23.4 Å². The number of anilines is 1. The molecule has 2 N–H and O–H groups in total. The maximum absolute atomic E-state index is 12.2. The number of fused-ring (bicyclic) bond motifs is 1. The molecule has 1 fully saturated rings. The lowest BCUT2D eigenvalue weighted by Crippen LogP contribution is -2.42. The third-order valence-corrected chi connectivity index (χ3v) is 4.16. The molecule has 1 unspecified atom stereocenters. The van der Waals surface area contributed by atoms with Crippen molar-refractivity contribution in [3.05, 3.63) is 29.8 Å². The number of amides is 3. The number of nitrogens with one attached hydrogen (secondary N) is 2. The smallest absolute Gasteiger partial charge is 0.254 e. The molecule has 0 spiro atoms. The van der Waals surface area contributed by atoms with E-state index in [4.69, 9.17) is 0 Å². The maximum Gasteiger partial charge on any atom is 0.254 e. The molecule has 6 heteroatoms. The van der Waals surface area contributed by atoms with E-state index in [0.717, 1.165) is 25.9 Å². The second kappa shape index (κ2) is 6.17. The van der Waals surface area contributed by atoms with E-state index in [1.807, 2.05) is 4.90 Å². The lowest BCUT2D eigenvalue weighted by atomic mass is 10.1. The lowest BCUT2D eigenvalue weighted by Gasteiger charge is -2.18. The molecule has 2 aliphatic heterocycles. The first kappa shape index (κ1) is 14.6. The van der Waals surface area contributed by atoms with E-state index in [2.05, 4.69) is 10.6 Å². The Hall–Kier alpha value is -2.37. The van der Waals surface area contributed by atoms with Gasteiger partial charge in [0.05, 0.1) is 11.3 Å². The molecule has 1 aromatic rings. The zero-order valence-electron chi connectivity index (χ0n) is 12.3. The molecule has 116 valence electrons. The number of rotatable bonds is 3. The number of nitrogens with zero attached hydrogens (tertiary/aromatic N) is 1. The Bertz CT molecular complexity index is 608. The summed E-state index contributed by atoms with van der Waals surface area (Å²) in [6.45, 7) is 1.60.